The third-order valence-corrected chi connectivity index (χ3v) is 1.92. The third kappa shape index (κ3) is 0.929. The van der Waals surface area contributed by atoms with Crippen molar-refractivity contribution in [2.45, 2.75) is 13.8 Å². The Morgan fingerprint density at radius 2 is 2.00 bits per heavy atom. The van der Waals surface area contributed by atoms with Crippen LogP contribution in [0.4, 0.5) is 0 Å². The lowest BCUT2D eigenvalue weighted by Crippen LogP contribution is -1.70. The second-order valence-corrected chi connectivity index (χ2v) is 2.92. The molecule has 0 saturated carbocycles. The summed E-state index contributed by atoms with van der Waals surface area (Å²) in [5.74, 6) is 0. The van der Waals surface area contributed by atoms with Crippen LogP contribution in [0.2, 0.25) is 0 Å². The maximum atomic E-state index is 5.33. The molecule has 0 N–H and O–H groups in total. The van der Waals surface area contributed by atoms with E-state index < -0.39 is 0 Å². The summed E-state index contributed by atoms with van der Waals surface area (Å²) in [6.45, 7) is 4.12. The topological polar surface area (TPSA) is 13.1 Å². The minimum atomic E-state index is 0.988. The average Bonchev–Trinajstić information content (AvgIpc) is 2.32. The molecule has 56 valence electrons. The Balaban J connectivity index is 2.86. The van der Waals surface area contributed by atoms with Gasteiger partial charge in [-0.25, -0.2) is 0 Å². The van der Waals surface area contributed by atoms with Gasteiger partial charge in [0, 0.05) is 5.39 Å². The molecule has 0 atom stereocenters. The number of aryl methyl sites for hydroxylation is 2. The van der Waals surface area contributed by atoms with Gasteiger partial charge in [-0.3, -0.25) is 0 Å². The zero-order valence-corrected chi connectivity index (χ0v) is 6.72. The molecule has 0 fully saturated rings. The molecule has 0 bridgehead atoms. The fraction of sp³-hybridized carbons (Fsp3) is 0.200. The molecule has 0 unspecified atom stereocenters. The van der Waals surface area contributed by atoms with E-state index in [1.54, 1.807) is 6.26 Å². The van der Waals surface area contributed by atoms with E-state index in [0.717, 1.165) is 5.58 Å². The molecule has 0 radical (unpaired) electrons. The lowest BCUT2D eigenvalue weighted by atomic mass is 10.1. The summed E-state index contributed by atoms with van der Waals surface area (Å²) in [6, 6.07) is 6.26. The van der Waals surface area contributed by atoms with Crippen molar-refractivity contribution in [2.24, 2.45) is 0 Å². The summed E-state index contributed by atoms with van der Waals surface area (Å²) in [6.07, 6.45) is 1.80. The van der Waals surface area contributed by atoms with Gasteiger partial charge in [0.1, 0.15) is 5.58 Å². The Kier molecular flexibility index (Phi) is 1.25. The Bertz CT molecular complexity index is 385. The third-order valence-electron chi connectivity index (χ3n) is 1.92. The fourth-order valence-corrected chi connectivity index (χ4v) is 1.27. The van der Waals surface area contributed by atoms with E-state index in [2.05, 4.69) is 32.0 Å². The van der Waals surface area contributed by atoms with Crippen LogP contribution in [0.5, 0.6) is 0 Å². The largest absolute Gasteiger partial charge is 0.464 e. The standard InChI is InChI=1S/C10H10O/c1-7-3-4-9-8(2)6-11-10(9)5-7/h3-6H,1-2H3. The van der Waals surface area contributed by atoms with E-state index in [0.29, 0.717) is 0 Å². The van der Waals surface area contributed by atoms with Crippen LogP contribution in [-0.2, 0) is 0 Å². The van der Waals surface area contributed by atoms with Gasteiger partial charge < -0.3 is 4.42 Å². The molecule has 1 nitrogen and oxygen atoms in total. The van der Waals surface area contributed by atoms with Crippen LogP contribution in [0.1, 0.15) is 11.1 Å². The van der Waals surface area contributed by atoms with Crippen LogP contribution < -0.4 is 0 Å². The van der Waals surface area contributed by atoms with Gasteiger partial charge in [-0.2, -0.15) is 0 Å². The smallest absolute Gasteiger partial charge is 0.134 e. The normalized spacial score (nSPS) is 10.7. The molecular formula is C10H10O. The molecule has 2 rings (SSSR count). The maximum absolute atomic E-state index is 5.33. The molecule has 1 heterocycles. The van der Waals surface area contributed by atoms with Crippen LogP contribution >= 0.6 is 0 Å². The molecule has 1 aromatic carbocycles. The second kappa shape index (κ2) is 2.12. The van der Waals surface area contributed by atoms with Crippen molar-refractivity contribution in [3.8, 4) is 0 Å². The Morgan fingerprint density at radius 3 is 2.82 bits per heavy atom. The minimum Gasteiger partial charge on any atom is -0.464 e. The molecular weight excluding hydrogens is 136 g/mol. The lowest BCUT2D eigenvalue weighted by Gasteiger charge is -1.90. The van der Waals surface area contributed by atoms with E-state index >= 15 is 0 Å². The first-order valence-corrected chi connectivity index (χ1v) is 3.72. The Hall–Kier alpha value is -1.24. The van der Waals surface area contributed by atoms with Crippen molar-refractivity contribution in [1.29, 1.82) is 0 Å². The molecule has 1 heteroatoms. The summed E-state index contributed by atoms with van der Waals surface area (Å²) in [7, 11) is 0. The number of hydrogen-bond donors (Lipinski definition) is 0. The van der Waals surface area contributed by atoms with E-state index in [9.17, 15) is 0 Å². The Morgan fingerprint density at radius 1 is 1.18 bits per heavy atom. The first kappa shape index (κ1) is 6.47. The van der Waals surface area contributed by atoms with Crippen molar-refractivity contribution < 1.29 is 4.42 Å². The van der Waals surface area contributed by atoms with Gasteiger partial charge in [0.2, 0.25) is 0 Å². The van der Waals surface area contributed by atoms with Crippen molar-refractivity contribution >= 4 is 11.0 Å². The summed E-state index contributed by atoms with van der Waals surface area (Å²) in [5.41, 5.74) is 3.44. The fourth-order valence-electron chi connectivity index (χ4n) is 1.27. The van der Waals surface area contributed by atoms with Crippen molar-refractivity contribution in [2.75, 3.05) is 0 Å². The highest BCUT2D eigenvalue weighted by molar-refractivity contribution is 5.81. The average molecular weight is 146 g/mol. The number of rotatable bonds is 0. The van der Waals surface area contributed by atoms with Gasteiger partial charge >= 0.3 is 0 Å². The quantitative estimate of drug-likeness (QED) is 0.556. The summed E-state index contributed by atoms with van der Waals surface area (Å²) < 4.78 is 5.33. The van der Waals surface area contributed by atoms with Crippen LogP contribution in [0, 0.1) is 13.8 Å². The summed E-state index contributed by atoms with van der Waals surface area (Å²) in [4.78, 5) is 0. The predicted molar refractivity (Wildman–Crippen MR) is 45.7 cm³/mol. The predicted octanol–water partition coefficient (Wildman–Crippen LogP) is 3.05. The highest BCUT2D eigenvalue weighted by Crippen LogP contribution is 2.20. The number of hydrogen-bond acceptors (Lipinski definition) is 1. The molecule has 2 aromatic rings. The van der Waals surface area contributed by atoms with Gasteiger partial charge in [-0.15, -0.1) is 0 Å². The number of benzene rings is 1. The lowest BCUT2D eigenvalue weighted by molar-refractivity contribution is 0.613. The zero-order chi connectivity index (χ0) is 7.84. The highest BCUT2D eigenvalue weighted by atomic mass is 16.3. The number of furan rings is 1. The van der Waals surface area contributed by atoms with E-state index in [4.69, 9.17) is 4.42 Å². The monoisotopic (exact) mass is 146 g/mol. The minimum absolute atomic E-state index is 0.988. The van der Waals surface area contributed by atoms with E-state index in [-0.39, 0.29) is 0 Å². The van der Waals surface area contributed by atoms with E-state index in [1.807, 2.05) is 0 Å². The molecule has 0 spiro atoms. The Labute approximate surface area is 65.6 Å². The van der Waals surface area contributed by atoms with Gasteiger partial charge in [0.25, 0.3) is 0 Å². The number of fused-ring (bicyclic) bond motifs is 1. The van der Waals surface area contributed by atoms with Gasteiger partial charge in [0.05, 0.1) is 6.26 Å². The van der Waals surface area contributed by atoms with Gasteiger partial charge in [-0.1, -0.05) is 12.1 Å². The van der Waals surface area contributed by atoms with Crippen molar-refractivity contribution in [3.05, 3.63) is 35.6 Å². The van der Waals surface area contributed by atoms with Gasteiger partial charge in [-0.05, 0) is 31.0 Å². The molecule has 0 aliphatic heterocycles. The first-order chi connectivity index (χ1) is 5.27. The SMILES string of the molecule is Cc1ccc2c(C)coc2c1. The molecule has 0 aliphatic carbocycles. The molecule has 0 amide bonds. The van der Waals surface area contributed by atoms with Crippen molar-refractivity contribution in [1.82, 2.24) is 0 Å². The second-order valence-electron chi connectivity index (χ2n) is 2.92. The maximum Gasteiger partial charge on any atom is 0.134 e. The molecule has 0 saturated heterocycles. The van der Waals surface area contributed by atoms with Gasteiger partial charge in [0.15, 0.2) is 0 Å². The van der Waals surface area contributed by atoms with Crippen LogP contribution in [-0.4, -0.2) is 0 Å². The van der Waals surface area contributed by atoms with Crippen molar-refractivity contribution in [3.63, 3.8) is 0 Å². The van der Waals surface area contributed by atoms with Crippen LogP contribution in [0.15, 0.2) is 28.9 Å². The molecule has 0 aliphatic rings. The first-order valence-electron chi connectivity index (χ1n) is 3.72. The molecule has 11 heavy (non-hydrogen) atoms. The summed E-state index contributed by atoms with van der Waals surface area (Å²) in [5, 5.41) is 1.22. The highest BCUT2D eigenvalue weighted by Gasteiger charge is 1.99. The van der Waals surface area contributed by atoms with E-state index in [1.165, 1.54) is 16.5 Å². The van der Waals surface area contributed by atoms with Crippen LogP contribution in [0.3, 0.4) is 0 Å². The van der Waals surface area contributed by atoms with Crippen LogP contribution in [0.25, 0.3) is 11.0 Å². The summed E-state index contributed by atoms with van der Waals surface area (Å²) >= 11 is 0. The molecule has 1 aromatic heterocycles. The zero-order valence-electron chi connectivity index (χ0n) is 6.72.